The highest BCUT2D eigenvalue weighted by atomic mass is 79.9. The zero-order valence-electron chi connectivity index (χ0n) is 8.41. The van der Waals surface area contributed by atoms with E-state index in [0.29, 0.717) is 5.69 Å². The smallest absolute Gasteiger partial charge is 0.122 e. The zero-order chi connectivity index (χ0) is 10.7. The molecule has 3 nitrogen and oxygen atoms in total. The Kier molecular flexibility index (Phi) is 3.49. The minimum atomic E-state index is 0.257. The topological polar surface area (TPSA) is 44.5 Å². The van der Waals surface area contributed by atoms with Crippen LogP contribution in [0.2, 0.25) is 0 Å². The van der Waals surface area contributed by atoms with Gasteiger partial charge in [0.2, 0.25) is 0 Å². The van der Waals surface area contributed by atoms with E-state index in [1.807, 2.05) is 18.2 Å². The first-order valence-corrected chi connectivity index (χ1v) is 5.84. The van der Waals surface area contributed by atoms with Gasteiger partial charge in [0.1, 0.15) is 11.9 Å². The van der Waals surface area contributed by atoms with Gasteiger partial charge in [0, 0.05) is 29.1 Å². The largest absolute Gasteiger partial charge is 0.490 e. The van der Waals surface area contributed by atoms with Crippen molar-refractivity contribution in [2.75, 3.05) is 18.9 Å². The third-order valence-corrected chi connectivity index (χ3v) is 2.82. The summed E-state index contributed by atoms with van der Waals surface area (Å²) in [6.07, 6.45) is 2.16. The molecule has 0 unspecified atom stereocenters. The summed E-state index contributed by atoms with van der Waals surface area (Å²) in [4.78, 5) is 0. The van der Waals surface area contributed by atoms with Crippen molar-refractivity contribution in [3.8, 4) is 5.75 Å². The molecule has 1 aromatic rings. The van der Waals surface area contributed by atoms with E-state index in [0.717, 1.165) is 36.3 Å². The summed E-state index contributed by atoms with van der Waals surface area (Å²) in [5, 5.41) is 0. The van der Waals surface area contributed by atoms with E-state index < -0.39 is 0 Å². The predicted molar refractivity (Wildman–Crippen MR) is 63.0 cm³/mol. The first-order valence-electron chi connectivity index (χ1n) is 5.04. The van der Waals surface area contributed by atoms with Crippen molar-refractivity contribution in [3.05, 3.63) is 22.7 Å². The van der Waals surface area contributed by atoms with Crippen LogP contribution in [0.5, 0.6) is 5.75 Å². The average Bonchev–Trinajstić information content (AvgIpc) is 2.17. The van der Waals surface area contributed by atoms with Crippen LogP contribution in [0.25, 0.3) is 0 Å². The molecule has 1 fully saturated rings. The van der Waals surface area contributed by atoms with Gasteiger partial charge in [-0.1, -0.05) is 15.9 Å². The van der Waals surface area contributed by atoms with E-state index in [1.54, 1.807) is 0 Å². The molecule has 1 aliphatic rings. The molecule has 15 heavy (non-hydrogen) atoms. The SMILES string of the molecule is Nc1cc(Br)cc(OC2CCOCC2)c1. The van der Waals surface area contributed by atoms with Gasteiger partial charge in [-0.15, -0.1) is 0 Å². The molecule has 4 heteroatoms. The standard InChI is InChI=1S/C11H14BrNO2/c12-8-5-9(13)7-11(6-8)15-10-1-3-14-4-2-10/h5-7,10H,1-4,13H2. The Morgan fingerprint density at radius 3 is 2.67 bits per heavy atom. The van der Waals surface area contributed by atoms with E-state index in [4.69, 9.17) is 15.2 Å². The van der Waals surface area contributed by atoms with Gasteiger partial charge in [-0.2, -0.15) is 0 Å². The average molecular weight is 272 g/mol. The molecular formula is C11H14BrNO2. The third kappa shape index (κ3) is 3.11. The van der Waals surface area contributed by atoms with Crippen molar-refractivity contribution >= 4 is 21.6 Å². The van der Waals surface area contributed by atoms with Crippen LogP contribution in [0.15, 0.2) is 22.7 Å². The molecular weight excluding hydrogens is 258 g/mol. The quantitative estimate of drug-likeness (QED) is 0.841. The highest BCUT2D eigenvalue weighted by Crippen LogP contribution is 2.25. The molecule has 1 heterocycles. The number of hydrogen-bond acceptors (Lipinski definition) is 3. The van der Waals surface area contributed by atoms with E-state index in [-0.39, 0.29) is 6.10 Å². The Morgan fingerprint density at radius 2 is 2.00 bits per heavy atom. The van der Waals surface area contributed by atoms with Crippen molar-refractivity contribution in [1.29, 1.82) is 0 Å². The monoisotopic (exact) mass is 271 g/mol. The molecule has 2 N–H and O–H groups in total. The van der Waals surface area contributed by atoms with Gasteiger partial charge in [0.15, 0.2) is 0 Å². The van der Waals surface area contributed by atoms with Gasteiger partial charge >= 0.3 is 0 Å². The summed E-state index contributed by atoms with van der Waals surface area (Å²) in [7, 11) is 0. The molecule has 0 spiro atoms. The second-order valence-corrected chi connectivity index (χ2v) is 4.57. The van der Waals surface area contributed by atoms with Crippen molar-refractivity contribution < 1.29 is 9.47 Å². The van der Waals surface area contributed by atoms with E-state index in [2.05, 4.69) is 15.9 Å². The maximum atomic E-state index is 5.83. The van der Waals surface area contributed by atoms with Crippen molar-refractivity contribution in [2.45, 2.75) is 18.9 Å². The number of nitrogen functional groups attached to an aromatic ring is 1. The van der Waals surface area contributed by atoms with Gasteiger partial charge in [-0.05, 0) is 12.1 Å². The number of benzene rings is 1. The summed E-state index contributed by atoms with van der Waals surface area (Å²) in [5.41, 5.74) is 6.44. The highest BCUT2D eigenvalue weighted by Gasteiger charge is 2.15. The minimum Gasteiger partial charge on any atom is -0.490 e. The lowest BCUT2D eigenvalue weighted by atomic mass is 10.1. The Morgan fingerprint density at radius 1 is 1.27 bits per heavy atom. The number of rotatable bonds is 2. The summed E-state index contributed by atoms with van der Waals surface area (Å²) in [6, 6.07) is 5.64. The number of halogens is 1. The maximum absolute atomic E-state index is 5.83. The summed E-state index contributed by atoms with van der Waals surface area (Å²) >= 11 is 3.39. The van der Waals surface area contributed by atoms with Crippen LogP contribution < -0.4 is 10.5 Å². The van der Waals surface area contributed by atoms with E-state index >= 15 is 0 Å². The first kappa shape index (κ1) is 10.8. The Hall–Kier alpha value is -0.740. The van der Waals surface area contributed by atoms with Crippen LogP contribution >= 0.6 is 15.9 Å². The van der Waals surface area contributed by atoms with Crippen molar-refractivity contribution in [3.63, 3.8) is 0 Å². The van der Waals surface area contributed by atoms with Crippen LogP contribution in [0.1, 0.15) is 12.8 Å². The van der Waals surface area contributed by atoms with E-state index in [9.17, 15) is 0 Å². The maximum Gasteiger partial charge on any atom is 0.122 e. The predicted octanol–water partition coefficient (Wildman–Crippen LogP) is 2.59. The van der Waals surface area contributed by atoms with Gasteiger partial charge in [-0.3, -0.25) is 0 Å². The molecule has 1 aliphatic heterocycles. The minimum absolute atomic E-state index is 0.257. The molecule has 0 aliphatic carbocycles. The fraction of sp³-hybridized carbons (Fsp3) is 0.455. The third-order valence-electron chi connectivity index (χ3n) is 2.36. The van der Waals surface area contributed by atoms with E-state index in [1.165, 1.54) is 0 Å². The molecule has 0 aromatic heterocycles. The van der Waals surface area contributed by atoms with Gasteiger partial charge < -0.3 is 15.2 Å². The lowest BCUT2D eigenvalue weighted by molar-refractivity contribution is 0.0256. The van der Waals surface area contributed by atoms with Gasteiger partial charge in [0.05, 0.1) is 13.2 Å². The zero-order valence-corrected chi connectivity index (χ0v) is 10.00. The molecule has 0 radical (unpaired) electrons. The molecule has 1 aromatic carbocycles. The fourth-order valence-corrected chi connectivity index (χ4v) is 2.13. The Labute approximate surface area is 97.7 Å². The molecule has 1 saturated heterocycles. The molecule has 0 saturated carbocycles. The van der Waals surface area contributed by atoms with Crippen LogP contribution in [0.4, 0.5) is 5.69 Å². The number of anilines is 1. The van der Waals surface area contributed by atoms with Gasteiger partial charge in [-0.25, -0.2) is 0 Å². The molecule has 2 rings (SSSR count). The van der Waals surface area contributed by atoms with Crippen LogP contribution in [0, 0.1) is 0 Å². The first-order chi connectivity index (χ1) is 7.24. The number of ether oxygens (including phenoxy) is 2. The van der Waals surface area contributed by atoms with Crippen LogP contribution in [0.3, 0.4) is 0 Å². The molecule has 0 amide bonds. The summed E-state index contributed by atoms with van der Waals surface area (Å²) in [6.45, 7) is 1.57. The summed E-state index contributed by atoms with van der Waals surface area (Å²) < 4.78 is 12.0. The lowest BCUT2D eigenvalue weighted by Crippen LogP contribution is -2.25. The van der Waals surface area contributed by atoms with Crippen molar-refractivity contribution in [2.24, 2.45) is 0 Å². The number of hydrogen-bond donors (Lipinski definition) is 1. The van der Waals surface area contributed by atoms with Crippen molar-refractivity contribution in [1.82, 2.24) is 0 Å². The molecule has 0 bridgehead atoms. The Bertz CT molecular complexity index is 317. The number of nitrogens with two attached hydrogens (primary N) is 1. The molecule has 0 atom stereocenters. The summed E-state index contributed by atoms with van der Waals surface area (Å²) in [5.74, 6) is 0.828. The Balaban J connectivity index is 2.02. The van der Waals surface area contributed by atoms with Crippen LogP contribution in [-0.4, -0.2) is 19.3 Å². The second kappa shape index (κ2) is 4.86. The van der Waals surface area contributed by atoms with Gasteiger partial charge in [0.25, 0.3) is 0 Å². The second-order valence-electron chi connectivity index (χ2n) is 3.65. The lowest BCUT2D eigenvalue weighted by Gasteiger charge is -2.23. The van der Waals surface area contributed by atoms with Crippen LogP contribution in [-0.2, 0) is 4.74 Å². The molecule has 82 valence electrons. The highest BCUT2D eigenvalue weighted by molar-refractivity contribution is 9.10. The normalized spacial score (nSPS) is 17.7. The fourth-order valence-electron chi connectivity index (χ4n) is 1.64.